The average molecular weight is 841 g/mol. The zero-order valence-corrected chi connectivity index (χ0v) is 39.9. The molecule has 3 unspecified atom stereocenters. The summed E-state index contributed by atoms with van der Waals surface area (Å²) in [6.07, 6.45) is 49.2. The molecule has 0 rings (SSSR count). The van der Waals surface area contributed by atoms with Crippen LogP contribution in [0.2, 0.25) is 0 Å². The quantitative estimate of drug-likeness (QED) is 0.0274. The molecule has 344 valence electrons. The van der Waals surface area contributed by atoms with Gasteiger partial charge in [-0.25, -0.2) is 0 Å². The molecule has 2 N–H and O–H groups in total. The minimum Gasteiger partial charge on any atom is -0.756 e. The number of carbonyl (C=O) groups excluding carboxylic acids is 1. The molecular formula is C49H97N2O6P. The number of amides is 1. The van der Waals surface area contributed by atoms with E-state index in [1.165, 1.54) is 161 Å². The van der Waals surface area contributed by atoms with E-state index in [9.17, 15) is 19.4 Å². The molecule has 0 aliphatic carbocycles. The van der Waals surface area contributed by atoms with Crippen LogP contribution in [0.25, 0.3) is 0 Å². The number of allylic oxidation sites excluding steroid dienone is 4. The molecule has 8 nitrogen and oxygen atoms in total. The molecule has 0 aliphatic heterocycles. The Labute approximate surface area is 360 Å². The number of quaternary nitrogens is 1. The molecule has 0 aromatic carbocycles. The summed E-state index contributed by atoms with van der Waals surface area (Å²) in [5, 5.41) is 13.9. The van der Waals surface area contributed by atoms with Crippen molar-refractivity contribution in [3.8, 4) is 0 Å². The average Bonchev–Trinajstić information content (AvgIpc) is 3.17. The summed E-state index contributed by atoms with van der Waals surface area (Å²) in [7, 11) is 1.30. The van der Waals surface area contributed by atoms with Gasteiger partial charge in [0.25, 0.3) is 7.82 Å². The Morgan fingerprint density at radius 2 is 1.00 bits per heavy atom. The van der Waals surface area contributed by atoms with Crippen molar-refractivity contribution in [2.45, 2.75) is 244 Å². The second-order valence-electron chi connectivity index (χ2n) is 18.2. The molecular weight excluding hydrogens is 744 g/mol. The van der Waals surface area contributed by atoms with E-state index in [2.05, 4.69) is 43.5 Å². The van der Waals surface area contributed by atoms with Gasteiger partial charge in [-0.15, -0.1) is 0 Å². The van der Waals surface area contributed by atoms with Crippen LogP contribution in [0.1, 0.15) is 232 Å². The molecule has 0 aromatic rings. The lowest BCUT2D eigenvalue weighted by atomic mass is 10.0. The molecule has 0 saturated carbocycles. The number of carbonyl (C=O) groups is 1. The van der Waals surface area contributed by atoms with Gasteiger partial charge in [0.15, 0.2) is 0 Å². The van der Waals surface area contributed by atoms with Gasteiger partial charge < -0.3 is 28.8 Å². The van der Waals surface area contributed by atoms with Gasteiger partial charge in [-0.1, -0.05) is 205 Å². The van der Waals surface area contributed by atoms with Crippen molar-refractivity contribution in [1.82, 2.24) is 5.32 Å². The third-order valence-electron chi connectivity index (χ3n) is 11.2. The Kier molecular flexibility index (Phi) is 40.6. The van der Waals surface area contributed by atoms with E-state index in [4.69, 9.17) is 9.05 Å². The minimum atomic E-state index is -4.56. The Morgan fingerprint density at radius 1 is 0.603 bits per heavy atom. The van der Waals surface area contributed by atoms with Crippen LogP contribution in [0.4, 0.5) is 0 Å². The number of phosphoric acid groups is 1. The maximum atomic E-state index is 12.9. The van der Waals surface area contributed by atoms with Crippen molar-refractivity contribution in [1.29, 1.82) is 0 Å². The fraction of sp³-hybridized carbons (Fsp3) is 0.898. The number of unbranched alkanes of at least 4 members (excludes halogenated alkanes) is 28. The highest BCUT2D eigenvalue weighted by Gasteiger charge is 2.24. The standard InChI is InChI=1S/C49H97N2O6P/c1-6-8-10-12-14-16-17-18-19-20-21-22-23-24-25-26-27-28-29-30-31-32-33-35-37-39-41-43-49(53)50-47(46-57-58(54,55)56-45-44-51(3,4)5)48(52)42-40-38-36-34-15-13-11-9-7-2/h21-22,24-25,47-48,52H,6-20,23,26-46H2,1-5H3,(H-,50,53,54,55)/b22-21-,25-24-. The lowest BCUT2D eigenvalue weighted by molar-refractivity contribution is -0.870. The van der Waals surface area contributed by atoms with E-state index in [0.717, 1.165) is 44.9 Å². The number of hydrogen-bond acceptors (Lipinski definition) is 6. The third kappa shape index (κ3) is 43.1. The molecule has 0 radical (unpaired) electrons. The lowest BCUT2D eigenvalue weighted by Crippen LogP contribution is -2.46. The summed E-state index contributed by atoms with van der Waals surface area (Å²) >= 11 is 0. The first-order chi connectivity index (χ1) is 28.0. The Balaban J connectivity index is 4.07. The first kappa shape index (κ1) is 57.0. The van der Waals surface area contributed by atoms with Crippen LogP contribution in [0.5, 0.6) is 0 Å². The normalized spacial score (nSPS) is 14.4. The first-order valence-electron chi connectivity index (χ1n) is 24.7. The highest BCUT2D eigenvalue weighted by molar-refractivity contribution is 7.45. The molecule has 0 heterocycles. The van der Waals surface area contributed by atoms with Gasteiger partial charge in [-0.2, -0.15) is 0 Å². The molecule has 0 aliphatic rings. The molecule has 0 spiro atoms. The predicted octanol–water partition coefficient (Wildman–Crippen LogP) is 13.5. The molecule has 0 saturated heterocycles. The minimum absolute atomic E-state index is 0.0123. The number of rotatable bonds is 45. The van der Waals surface area contributed by atoms with Crippen LogP contribution in [0.15, 0.2) is 24.3 Å². The summed E-state index contributed by atoms with van der Waals surface area (Å²) < 4.78 is 23.2. The maximum absolute atomic E-state index is 12.9. The van der Waals surface area contributed by atoms with Crippen LogP contribution in [0.3, 0.4) is 0 Å². The second kappa shape index (κ2) is 41.3. The summed E-state index contributed by atoms with van der Waals surface area (Å²) in [5.74, 6) is -0.168. The first-order valence-corrected chi connectivity index (χ1v) is 26.1. The number of phosphoric ester groups is 1. The van der Waals surface area contributed by atoms with Crippen molar-refractivity contribution < 1.29 is 32.9 Å². The smallest absolute Gasteiger partial charge is 0.268 e. The maximum Gasteiger partial charge on any atom is 0.268 e. The van der Waals surface area contributed by atoms with Crippen molar-refractivity contribution >= 4 is 13.7 Å². The van der Waals surface area contributed by atoms with Gasteiger partial charge in [0, 0.05) is 6.42 Å². The van der Waals surface area contributed by atoms with E-state index >= 15 is 0 Å². The van der Waals surface area contributed by atoms with E-state index in [-0.39, 0.29) is 19.1 Å². The molecule has 9 heteroatoms. The summed E-state index contributed by atoms with van der Waals surface area (Å²) in [6.45, 7) is 4.70. The summed E-state index contributed by atoms with van der Waals surface area (Å²) in [6, 6.07) is -0.798. The van der Waals surface area contributed by atoms with Crippen molar-refractivity contribution in [2.75, 3.05) is 40.9 Å². The number of aliphatic hydroxyl groups is 1. The molecule has 0 aromatic heterocycles. The fourth-order valence-electron chi connectivity index (χ4n) is 7.25. The van der Waals surface area contributed by atoms with Crippen LogP contribution in [-0.4, -0.2) is 68.5 Å². The summed E-state index contributed by atoms with van der Waals surface area (Å²) in [5.41, 5.74) is 0. The van der Waals surface area contributed by atoms with E-state index in [1.54, 1.807) is 0 Å². The third-order valence-corrected chi connectivity index (χ3v) is 12.2. The van der Waals surface area contributed by atoms with E-state index < -0.39 is 20.0 Å². The number of nitrogens with one attached hydrogen (secondary N) is 1. The van der Waals surface area contributed by atoms with E-state index in [0.29, 0.717) is 23.9 Å². The van der Waals surface area contributed by atoms with Gasteiger partial charge in [-0.3, -0.25) is 9.36 Å². The number of likely N-dealkylation sites (N-methyl/N-ethyl adjacent to an activating group) is 1. The zero-order valence-electron chi connectivity index (χ0n) is 39.0. The Bertz CT molecular complexity index is 1000. The van der Waals surface area contributed by atoms with Gasteiger partial charge in [-0.05, 0) is 44.9 Å². The Hall–Kier alpha value is -1.02. The molecule has 0 fully saturated rings. The molecule has 58 heavy (non-hydrogen) atoms. The SMILES string of the molecule is CCCCCCCCCCC/C=C\C/C=C\CCCCCCCCCCCCCC(=O)NC(COP(=O)([O-])OCC[N+](C)(C)C)C(O)CCCCCCCCCCC. The van der Waals surface area contributed by atoms with E-state index in [1.807, 2.05) is 21.1 Å². The lowest BCUT2D eigenvalue weighted by Gasteiger charge is -2.30. The topological polar surface area (TPSA) is 108 Å². The molecule has 0 bridgehead atoms. The zero-order chi connectivity index (χ0) is 42.8. The van der Waals surface area contributed by atoms with Crippen LogP contribution in [-0.2, 0) is 18.4 Å². The predicted molar refractivity (Wildman–Crippen MR) is 247 cm³/mol. The van der Waals surface area contributed by atoms with Crippen molar-refractivity contribution in [3.63, 3.8) is 0 Å². The number of aliphatic hydroxyl groups excluding tert-OH is 1. The van der Waals surface area contributed by atoms with Crippen LogP contribution >= 0.6 is 7.82 Å². The van der Waals surface area contributed by atoms with Gasteiger partial charge in [0.05, 0.1) is 39.9 Å². The largest absolute Gasteiger partial charge is 0.756 e. The Morgan fingerprint density at radius 3 is 1.43 bits per heavy atom. The van der Waals surface area contributed by atoms with Gasteiger partial charge in [0.1, 0.15) is 13.2 Å². The molecule has 3 atom stereocenters. The highest BCUT2D eigenvalue weighted by atomic mass is 31.2. The van der Waals surface area contributed by atoms with Crippen LogP contribution < -0.4 is 10.2 Å². The number of hydrogen-bond donors (Lipinski definition) is 2. The monoisotopic (exact) mass is 841 g/mol. The van der Waals surface area contributed by atoms with Crippen LogP contribution in [0, 0.1) is 0 Å². The molecule has 1 amide bonds. The summed E-state index contributed by atoms with van der Waals surface area (Å²) in [4.78, 5) is 25.3. The second-order valence-corrected chi connectivity index (χ2v) is 19.6. The van der Waals surface area contributed by atoms with Gasteiger partial charge >= 0.3 is 0 Å². The highest BCUT2D eigenvalue weighted by Crippen LogP contribution is 2.38. The van der Waals surface area contributed by atoms with Gasteiger partial charge in [0.2, 0.25) is 5.91 Å². The fourth-order valence-corrected chi connectivity index (χ4v) is 7.97. The van der Waals surface area contributed by atoms with Crippen molar-refractivity contribution in [2.24, 2.45) is 0 Å². The number of nitrogens with zero attached hydrogens (tertiary/aromatic N) is 1. The van der Waals surface area contributed by atoms with Crippen molar-refractivity contribution in [3.05, 3.63) is 24.3 Å².